The van der Waals surface area contributed by atoms with E-state index in [1.54, 1.807) is 6.92 Å². The van der Waals surface area contributed by atoms with Gasteiger partial charge in [-0.1, -0.05) is 60.1 Å². The van der Waals surface area contributed by atoms with E-state index in [0.717, 1.165) is 11.6 Å². The SMILES string of the molecule is Cc1c(Cl)nc(-c2ccccc2C(F)(F)F)nc1CNCc1ccccc1. The molecule has 0 aliphatic heterocycles. The number of nitrogens with zero attached hydrogens (tertiary/aromatic N) is 2. The normalized spacial score (nSPS) is 11.6. The van der Waals surface area contributed by atoms with Crippen LogP contribution in [0.25, 0.3) is 11.4 Å². The number of nitrogens with one attached hydrogen (secondary N) is 1. The Kier molecular flexibility index (Phi) is 5.77. The first-order valence-corrected chi connectivity index (χ1v) is 8.68. The van der Waals surface area contributed by atoms with Gasteiger partial charge in [0.15, 0.2) is 5.82 Å². The fraction of sp³-hybridized carbons (Fsp3) is 0.200. The summed E-state index contributed by atoms with van der Waals surface area (Å²) in [7, 11) is 0. The summed E-state index contributed by atoms with van der Waals surface area (Å²) >= 11 is 6.17. The van der Waals surface area contributed by atoms with Gasteiger partial charge in [0.25, 0.3) is 0 Å². The van der Waals surface area contributed by atoms with Crippen molar-refractivity contribution >= 4 is 11.6 Å². The van der Waals surface area contributed by atoms with Crippen LogP contribution < -0.4 is 5.32 Å². The van der Waals surface area contributed by atoms with Crippen molar-refractivity contribution in [2.24, 2.45) is 0 Å². The van der Waals surface area contributed by atoms with Crippen LogP contribution in [-0.4, -0.2) is 9.97 Å². The highest BCUT2D eigenvalue weighted by Gasteiger charge is 2.34. The second-order valence-corrected chi connectivity index (χ2v) is 6.40. The third-order valence-electron chi connectivity index (χ3n) is 4.12. The van der Waals surface area contributed by atoms with Gasteiger partial charge < -0.3 is 5.32 Å². The third-order valence-corrected chi connectivity index (χ3v) is 4.49. The molecule has 1 aromatic heterocycles. The maximum absolute atomic E-state index is 13.3. The minimum Gasteiger partial charge on any atom is -0.307 e. The average Bonchev–Trinajstić information content (AvgIpc) is 2.65. The van der Waals surface area contributed by atoms with Crippen molar-refractivity contribution in [1.82, 2.24) is 15.3 Å². The first-order chi connectivity index (χ1) is 12.9. The summed E-state index contributed by atoms with van der Waals surface area (Å²) in [6, 6.07) is 15.0. The predicted octanol–water partition coefficient (Wildman–Crippen LogP) is 5.41. The molecule has 3 rings (SSSR count). The van der Waals surface area contributed by atoms with Crippen LogP contribution in [0.3, 0.4) is 0 Å². The molecule has 2 aromatic carbocycles. The van der Waals surface area contributed by atoms with Crippen LogP contribution in [0, 0.1) is 6.92 Å². The number of rotatable bonds is 5. The van der Waals surface area contributed by atoms with E-state index in [1.165, 1.54) is 18.2 Å². The molecule has 0 radical (unpaired) electrons. The molecule has 0 bridgehead atoms. The van der Waals surface area contributed by atoms with Crippen LogP contribution in [0.1, 0.15) is 22.4 Å². The Balaban J connectivity index is 1.89. The van der Waals surface area contributed by atoms with Gasteiger partial charge in [-0.05, 0) is 18.6 Å². The maximum atomic E-state index is 13.3. The number of benzene rings is 2. The van der Waals surface area contributed by atoms with Crippen molar-refractivity contribution < 1.29 is 13.2 Å². The van der Waals surface area contributed by atoms with Gasteiger partial charge in [-0.3, -0.25) is 0 Å². The Morgan fingerprint density at radius 2 is 1.59 bits per heavy atom. The molecule has 1 N–H and O–H groups in total. The van der Waals surface area contributed by atoms with E-state index in [9.17, 15) is 13.2 Å². The molecule has 3 nitrogen and oxygen atoms in total. The molecule has 0 amide bonds. The van der Waals surface area contributed by atoms with E-state index in [-0.39, 0.29) is 16.5 Å². The van der Waals surface area contributed by atoms with Crippen molar-refractivity contribution in [3.05, 3.63) is 82.1 Å². The molecule has 27 heavy (non-hydrogen) atoms. The Morgan fingerprint density at radius 1 is 0.926 bits per heavy atom. The second-order valence-electron chi connectivity index (χ2n) is 6.04. The van der Waals surface area contributed by atoms with Crippen molar-refractivity contribution in [3.63, 3.8) is 0 Å². The van der Waals surface area contributed by atoms with Crippen molar-refractivity contribution in [3.8, 4) is 11.4 Å². The largest absolute Gasteiger partial charge is 0.417 e. The smallest absolute Gasteiger partial charge is 0.307 e. The standard InChI is InChI=1S/C20H17ClF3N3/c1-13-17(12-25-11-14-7-3-2-4-8-14)26-19(27-18(13)21)15-9-5-6-10-16(15)20(22,23)24/h2-10,25H,11-12H2,1H3. The molecule has 1 heterocycles. The summed E-state index contributed by atoms with van der Waals surface area (Å²) in [4.78, 5) is 8.42. The molecule has 7 heteroatoms. The number of alkyl halides is 3. The van der Waals surface area contributed by atoms with Crippen molar-refractivity contribution in [2.45, 2.75) is 26.2 Å². The highest BCUT2D eigenvalue weighted by atomic mass is 35.5. The summed E-state index contributed by atoms with van der Waals surface area (Å²) in [5.41, 5.74) is 1.44. The molecule has 0 aliphatic rings. The van der Waals surface area contributed by atoms with E-state index in [2.05, 4.69) is 15.3 Å². The van der Waals surface area contributed by atoms with E-state index >= 15 is 0 Å². The highest BCUT2D eigenvalue weighted by molar-refractivity contribution is 6.30. The van der Waals surface area contributed by atoms with Gasteiger partial charge >= 0.3 is 6.18 Å². The molecule has 0 aliphatic carbocycles. The summed E-state index contributed by atoms with van der Waals surface area (Å²) in [5.74, 6) is -0.0324. The Hall–Kier alpha value is -2.44. The summed E-state index contributed by atoms with van der Waals surface area (Å²) in [6.07, 6.45) is -4.50. The highest BCUT2D eigenvalue weighted by Crippen LogP contribution is 2.36. The van der Waals surface area contributed by atoms with Gasteiger partial charge in [0.1, 0.15) is 5.15 Å². The summed E-state index contributed by atoms with van der Waals surface area (Å²) in [5, 5.41) is 3.39. The van der Waals surface area contributed by atoms with Crippen molar-refractivity contribution in [2.75, 3.05) is 0 Å². The lowest BCUT2D eigenvalue weighted by Gasteiger charge is -2.14. The maximum Gasteiger partial charge on any atom is 0.417 e. The zero-order valence-electron chi connectivity index (χ0n) is 14.5. The quantitative estimate of drug-likeness (QED) is 0.590. The van der Waals surface area contributed by atoms with E-state index in [1.807, 2.05) is 30.3 Å². The Labute approximate surface area is 160 Å². The fourth-order valence-electron chi connectivity index (χ4n) is 2.67. The van der Waals surface area contributed by atoms with Gasteiger partial charge in [-0.2, -0.15) is 13.2 Å². The number of halogens is 4. The molecular weight excluding hydrogens is 375 g/mol. The van der Waals surface area contributed by atoms with Crippen molar-refractivity contribution in [1.29, 1.82) is 0 Å². The molecule has 0 atom stereocenters. The van der Waals surface area contributed by atoms with Crippen LogP contribution in [-0.2, 0) is 19.3 Å². The first kappa shape index (κ1) is 19.3. The van der Waals surface area contributed by atoms with Gasteiger partial charge in [0.2, 0.25) is 0 Å². The van der Waals surface area contributed by atoms with Gasteiger partial charge in [-0.25, -0.2) is 9.97 Å². The average molecular weight is 392 g/mol. The molecule has 140 valence electrons. The summed E-state index contributed by atoms with van der Waals surface area (Å²) < 4.78 is 39.9. The van der Waals surface area contributed by atoms with Crippen LogP contribution >= 0.6 is 11.6 Å². The third kappa shape index (κ3) is 4.64. The minimum atomic E-state index is -4.50. The van der Waals surface area contributed by atoms with Crippen LogP contribution in [0.5, 0.6) is 0 Å². The molecule has 0 spiro atoms. The zero-order valence-corrected chi connectivity index (χ0v) is 15.3. The second kappa shape index (κ2) is 8.06. The molecule has 0 saturated heterocycles. The lowest BCUT2D eigenvalue weighted by Crippen LogP contribution is -2.16. The first-order valence-electron chi connectivity index (χ1n) is 8.30. The number of aromatic nitrogens is 2. The monoisotopic (exact) mass is 391 g/mol. The molecule has 0 fully saturated rings. The Morgan fingerprint density at radius 3 is 2.30 bits per heavy atom. The van der Waals surface area contributed by atoms with E-state index < -0.39 is 11.7 Å². The van der Waals surface area contributed by atoms with Crippen LogP contribution in [0.4, 0.5) is 13.2 Å². The van der Waals surface area contributed by atoms with Gasteiger partial charge in [-0.15, -0.1) is 0 Å². The lowest BCUT2D eigenvalue weighted by atomic mass is 10.1. The van der Waals surface area contributed by atoms with Gasteiger partial charge in [0, 0.05) is 24.2 Å². The molecule has 0 unspecified atom stereocenters. The van der Waals surface area contributed by atoms with Crippen LogP contribution in [0.15, 0.2) is 54.6 Å². The predicted molar refractivity (Wildman–Crippen MR) is 99.2 cm³/mol. The summed E-state index contributed by atoms with van der Waals surface area (Å²) in [6.45, 7) is 2.72. The van der Waals surface area contributed by atoms with Crippen LogP contribution in [0.2, 0.25) is 5.15 Å². The van der Waals surface area contributed by atoms with E-state index in [0.29, 0.717) is 24.3 Å². The molecule has 0 saturated carbocycles. The van der Waals surface area contributed by atoms with E-state index in [4.69, 9.17) is 11.6 Å². The minimum absolute atomic E-state index is 0.0324. The topological polar surface area (TPSA) is 37.8 Å². The van der Waals surface area contributed by atoms with Gasteiger partial charge in [0.05, 0.1) is 11.3 Å². The molecule has 3 aromatic rings. The number of hydrogen-bond donors (Lipinski definition) is 1. The fourth-order valence-corrected chi connectivity index (χ4v) is 2.86. The number of hydrogen-bond acceptors (Lipinski definition) is 3. The lowest BCUT2D eigenvalue weighted by molar-refractivity contribution is -0.137. The molecular formula is C20H17ClF3N3. The zero-order chi connectivity index (χ0) is 19.4. The Bertz CT molecular complexity index is 928.